The number of carbonyl (C=O) groups excluding carboxylic acids is 3. The van der Waals surface area contributed by atoms with E-state index in [-0.39, 0.29) is 18.1 Å². The SMILES string of the molecule is CC.CC(=O)NCC1CN(c2ccc3c(c2)CCN(C(=O)OC(C)(C)C)CC3)C(=O)O1.CCC(C)CN. The molecule has 210 valence electrons. The number of amides is 3. The van der Waals surface area contributed by atoms with Crippen LogP contribution in [0.25, 0.3) is 0 Å². The highest BCUT2D eigenvalue weighted by Gasteiger charge is 2.33. The van der Waals surface area contributed by atoms with Crippen LogP contribution in [0.4, 0.5) is 15.3 Å². The highest BCUT2D eigenvalue weighted by Crippen LogP contribution is 2.27. The van der Waals surface area contributed by atoms with Crippen molar-refractivity contribution in [3.05, 3.63) is 29.3 Å². The van der Waals surface area contributed by atoms with Crippen molar-refractivity contribution in [2.45, 2.75) is 86.4 Å². The standard InChI is InChI=1S/C21H29N3O5.C5H13N.C2H6/c1-14(25)22-12-18-13-24(20(27)28-18)17-6-5-15-7-9-23(10-8-16(15)11-17)19(26)29-21(2,3)4;1-3-5(2)4-6;1-2/h5-6,11,18H,7-10,12-13H2,1-4H3,(H,22,25);5H,3-4,6H2,1-2H3;1-2H3. The molecule has 37 heavy (non-hydrogen) atoms. The Morgan fingerprint density at radius 2 is 1.81 bits per heavy atom. The molecule has 9 heteroatoms. The Bertz CT molecular complexity index is 880. The molecule has 9 nitrogen and oxygen atoms in total. The fraction of sp³-hybridized carbons (Fsp3) is 0.679. The average molecular weight is 521 g/mol. The molecule has 2 unspecified atom stereocenters. The Morgan fingerprint density at radius 3 is 2.32 bits per heavy atom. The van der Waals surface area contributed by atoms with Gasteiger partial charge in [-0.3, -0.25) is 9.69 Å². The van der Waals surface area contributed by atoms with E-state index in [2.05, 4.69) is 19.2 Å². The van der Waals surface area contributed by atoms with Gasteiger partial charge in [-0.05, 0) is 69.3 Å². The third kappa shape index (κ3) is 11.0. The fourth-order valence-corrected chi connectivity index (χ4v) is 3.65. The van der Waals surface area contributed by atoms with Gasteiger partial charge in [0.25, 0.3) is 0 Å². The number of carbonyl (C=O) groups is 3. The summed E-state index contributed by atoms with van der Waals surface area (Å²) in [6.45, 7) is 18.0. The van der Waals surface area contributed by atoms with E-state index in [1.807, 2.05) is 52.8 Å². The molecule has 1 saturated heterocycles. The van der Waals surface area contributed by atoms with Crippen LogP contribution in [0.2, 0.25) is 0 Å². The number of anilines is 1. The first kappa shape index (κ1) is 32.2. The number of ether oxygens (including phenoxy) is 2. The number of benzene rings is 1. The summed E-state index contributed by atoms with van der Waals surface area (Å²) in [4.78, 5) is 39.0. The van der Waals surface area contributed by atoms with Gasteiger partial charge in [-0.2, -0.15) is 0 Å². The summed E-state index contributed by atoms with van der Waals surface area (Å²) in [5.41, 5.74) is 7.82. The number of hydrogen-bond donors (Lipinski definition) is 2. The van der Waals surface area contributed by atoms with Crippen LogP contribution in [-0.2, 0) is 27.1 Å². The van der Waals surface area contributed by atoms with Gasteiger partial charge in [-0.1, -0.05) is 40.2 Å². The second kappa shape index (κ2) is 15.4. The van der Waals surface area contributed by atoms with Crippen LogP contribution >= 0.6 is 0 Å². The zero-order valence-electron chi connectivity index (χ0n) is 24.1. The van der Waals surface area contributed by atoms with Crippen molar-refractivity contribution < 1.29 is 23.9 Å². The molecular formula is C28H48N4O5. The van der Waals surface area contributed by atoms with Gasteiger partial charge in [0, 0.05) is 25.7 Å². The lowest BCUT2D eigenvalue weighted by molar-refractivity contribution is -0.119. The van der Waals surface area contributed by atoms with Crippen molar-refractivity contribution in [1.82, 2.24) is 10.2 Å². The lowest BCUT2D eigenvalue weighted by Gasteiger charge is -2.26. The number of cyclic esters (lactones) is 1. The molecule has 0 radical (unpaired) electrons. The summed E-state index contributed by atoms with van der Waals surface area (Å²) < 4.78 is 10.8. The Labute approximate surface area is 223 Å². The molecule has 3 amide bonds. The molecule has 2 heterocycles. The number of fused-ring (bicyclic) bond motifs is 1. The summed E-state index contributed by atoms with van der Waals surface area (Å²) in [5.74, 6) is 0.559. The molecule has 2 atom stereocenters. The lowest BCUT2D eigenvalue weighted by Crippen LogP contribution is -2.38. The van der Waals surface area contributed by atoms with Crippen LogP contribution < -0.4 is 16.0 Å². The predicted molar refractivity (Wildman–Crippen MR) is 148 cm³/mol. The fourth-order valence-electron chi connectivity index (χ4n) is 3.65. The molecule has 1 aromatic rings. The molecule has 0 saturated carbocycles. The van der Waals surface area contributed by atoms with Gasteiger partial charge >= 0.3 is 12.2 Å². The van der Waals surface area contributed by atoms with Crippen LogP contribution in [0.1, 0.15) is 72.9 Å². The third-order valence-corrected chi connectivity index (χ3v) is 6.01. The van der Waals surface area contributed by atoms with E-state index in [0.29, 0.717) is 38.5 Å². The van der Waals surface area contributed by atoms with E-state index in [1.165, 1.54) is 18.9 Å². The topological polar surface area (TPSA) is 114 Å². The molecule has 3 N–H and O–H groups in total. The maximum Gasteiger partial charge on any atom is 0.414 e. The molecule has 0 spiro atoms. The highest BCUT2D eigenvalue weighted by molar-refractivity contribution is 5.90. The Morgan fingerprint density at radius 1 is 1.19 bits per heavy atom. The van der Waals surface area contributed by atoms with E-state index in [0.717, 1.165) is 24.2 Å². The van der Waals surface area contributed by atoms with Gasteiger partial charge in [0.1, 0.15) is 11.7 Å². The largest absolute Gasteiger partial charge is 0.444 e. The average Bonchev–Trinajstić information content (AvgIpc) is 3.09. The number of rotatable bonds is 5. The van der Waals surface area contributed by atoms with Crippen molar-refractivity contribution in [1.29, 1.82) is 0 Å². The monoisotopic (exact) mass is 520 g/mol. The molecule has 0 bridgehead atoms. The number of nitrogens with two attached hydrogens (primary N) is 1. The van der Waals surface area contributed by atoms with Crippen LogP contribution in [0.3, 0.4) is 0 Å². The minimum atomic E-state index is -0.521. The van der Waals surface area contributed by atoms with Crippen LogP contribution in [0, 0.1) is 5.92 Å². The number of nitrogens with zero attached hydrogens (tertiary/aromatic N) is 2. The summed E-state index contributed by atoms with van der Waals surface area (Å²) in [5, 5.41) is 2.68. The van der Waals surface area contributed by atoms with E-state index >= 15 is 0 Å². The summed E-state index contributed by atoms with van der Waals surface area (Å²) >= 11 is 0. The first-order valence-corrected chi connectivity index (χ1v) is 13.5. The summed E-state index contributed by atoms with van der Waals surface area (Å²) in [6, 6.07) is 5.91. The Kier molecular flexibility index (Phi) is 13.4. The van der Waals surface area contributed by atoms with E-state index < -0.39 is 11.7 Å². The molecule has 0 aliphatic carbocycles. The number of nitrogens with one attached hydrogen (secondary N) is 1. The van der Waals surface area contributed by atoms with Crippen molar-refractivity contribution in [3.8, 4) is 0 Å². The van der Waals surface area contributed by atoms with Gasteiger partial charge < -0.3 is 25.4 Å². The van der Waals surface area contributed by atoms with Gasteiger partial charge in [0.15, 0.2) is 0 Å². The van der Waals surface area contributed by atoms with Crippen molar-refractivity contribution in [2.24, 2.45) is 11.7 Å². The third-order valence-electron chi connectivity index (χ3n) is 6.01. The second-order valence-corrected chi connectivity index (χ2v) is 10.2. The Hall–Kier alpha value is -2.81. The van der Waals surface area contributed by atoms with E-state index in [1.54, 1.807) is 9.80 Å². The Balaban J connectivity index is 0.000000752. The van der Waals surface area contributed by atoms with Gasteiger partial charge in [0.2, 0.25) is 5.91 Å². The normalized spacial score (nSPS) is 17.6. The van der Waals surface area contributed by atoms with Gasteiger partial charge in [0.05, 0.1) is 13.1 Å². The lowest BCUT2D eigenvalue weighted by atomic mass is 10.0. The first-order chi connectivity index (χ1) is 17.4. The minimum Gasteiger partial charge on any atom is -0.444 e. The zero-order chi connectivity index (χ0) is 28.2. The zero-order valence-corrected chi connectivity index (χ0v) is 24.1. The summed E-state index contributed by atoms with van der Waals surface area (Å²) in [6.07, 6.45) is 1.56. The highest BCUT2D eigenvalue weighted by atomic mass is 16.6. The number of hydrogen-bond acceptors (Lipinski definition) is 6. The maximum absolute atomic E-state index is 12.4. The van der Waals surface area contributed by atoms with Gasteiger partial charge in [-0.15, -0.1) is 0 Å². The minimum absolute atomic E-state index is 0.154. The molecular weight excluding hydrogens is 472 g/mol. The second-order valence-electron chi connectivity index (χ2n) is 10.2. The van der Waals surface area contributed by atoms with Crippen molar-refractivity contribution in [2.75, 3.05) is 37.6 Å². The molecule has 1 aromatic carbocycles. The van der Waals surface area contributed by atoms with Crippen LogP contribution in [0.5, 0.6) is 0 Å². The van der Waals surface area contributed by atoms with Gasteiger partial charge in [-0.25, -0.2) is 9.59 Å². The predicted octanol–water partition coefficient (Wildman–Crippen LogP) is 4.50. The molecule has 3 rings (SSSR count). The molecule has 1 fully saturated rings. The van der Waals surface area contributed by atoms with E-state index in [4.69, 9.17) is 15.2 Å². The van der Waals surface area contributed by atoms with Crippen molar-refractivity contribution in [3.63, 3.8) is 0 Å². The smallest absolute Gasteiger partial charge is 0.414 e. The van der Waals surface area contributed by atoms with Crippen molar-refractivity contribution >= 4 is 23.8 Å². The van der Waals surface area contributed by atoms with E-state index in [9.17, 15) is 14.4 Å². The van der Waals surface area contributed by atoms with Crippen LogP contribution in [-0.4, -0.2) is 67.4 Å². The molecule has 2 aliphatic rings. The summed E-state index contributed by atoms with van der Waals surface area (Å²) in [7, 11) is 0. The quantitative estimate of drug-likeness (QED) is 0.591. The van der Waals surface area contributed by atoms with Crippen LogP contribution in [0.15, 0.2) is 18.2 Å². The first-order valence-electron chi connectivity index (χ1n) is 13.5. The maximum atomic E-state index is 12.4. The molecule has 2 aliphatic heterocycles. The molecule has 0 aromatic heterocycles.